The summed E-state index contributed by atoms with van der Waals surface area (Å²) in [5.74, 6) is -0.733. The number of carbonyl (C=O) groups excluding carboxylic acids is 2. The van der Waals surface area contributed by atoms with Crippen molar-refractivity contribution in [2.24, 2.45) is 10.7 Å². The van der Waals surface area contributed by atoms with Gasteiger partial charge in [0.05, 0.1) is 27.9 Å². The zero-order valence-corrected chi connectivity index (χ0v) is 21.4. The van der Waals surface area contributed by atoms with Crippen molar-refractivity contribution >= 4 is 40.9 Å². The van der Waals surface area contributed by atoms with Crippen LogP contribution in [0.2, 0.25) is 5.02 Å². The lowest BCUT2D eigenvalue weighted by atomic mass is 9.96. The summed E-state index contributed by atoms with van der Waals surface area (Å²) in [5, 5.41) is 0.533. The Morgan fingerprint density at radius 3 is 2.56 bits per heavy atom. The first-order valence-electron chi connectivity index (χ1n) is 11.1. The number of rotatable bonds is 7. The van der Waals surface area contributed by atoms with E-state index in [0.717, 1.165) is 0 Å². The summed E-state index contributed by atoms with van der Waals surface area (Å²) < 4.78 is 12.9. The van der Waals surface area contributed by atoms with Gasteiger partial charge in [-0.05, 0) is 50.6 Å². The number of benzene rings is 2. The number of ether oxygens (including phenoxy) is 2. The molecule has 36 heavy (non-hydrogen) atoms. The molecule has 1 aliphatic heterocycles. The fourth-order valence-corrected chi connectivity index (χ4v) is 5.01. The molecule has 0 bridgehead atoms. The molecule has 186 valence electrons. The second kappa shape index (κ2) is 10.5. The molecular weight excluding hydrogens is 502 g/mol. The highest BCUT2D eigenvalue weighted by Crippen LogP contribution is 2.31. The quantitative estimate of drug-likeness (QED) is 0.476. The minimum absolute atomic E-state index is 0.287. The zero-order chi connectivity index (χ0) is 26.0. The molecule has 2 aromatic carbocycles. The van der Waals surface area contributed by atoms with Gasteiger partial charge in [-0.15, -0.1) is 0 Å². The van der Waals surface area contributed by atoms with Gasteiger partial charge in [0.25, 0.3) is 11.5 Å². The van der Waals surface area contributed by atoms with Gasteiger partial charge < -0.3 is 15.2 Å². The van der Waals surface area contributed by atoms with Gasteiger partial charge in [-0.25, -0.2) is 9.79 Å². The van der Waals surface area contributed by atoms with Crippen LogP contribution in [0, 0.1) is 0 Å². The van der Waals surface area contributed by atoms with Crippen molar-refractivity contribution < 1.29 is 19.1 Å². The van der Waals surface area contributed by atoms with E-state index < -0.39 is 17.9 Å². The number of aromatic nitrogens is 1. The SMILES string of the molecule is CC1=C(C(=O)OC(C)C)C(c2ccc(Cl)cc2)n2c(sc(=Cc3ccccc3OCC(N)=O)c2=O)=N1. The molecule has 1 aliphatic rings. The van der Waals surface area contributed by atoms with E-state index >= 15 is 0 Å². The first-order valence-corrected chi connectivity index (χ1v) is 12.3. The van der Waals surface area contributed by atoms with Gasteiger partial charge in [0.1, 0.15) is 5.75 Å². The van der Waals surface area contributed by atoms with Gasteiger partial charge in [-0.3, -0.25) is 14.2 Å². The highest BCUT2D eigenvalue weighted by molar-refractivity contribution is 7.07. The van der Waals surface area contributed by atoms with Crippen LogP contribution >= 0.6 is 22.9 Å². The van der Waals surface area contributed by atoms with E-state index in [1.807, 2.05) is 0 Å². The summed E-state index contributed by atoms with van der Waals surface area (Å²) in [4.78, 5) is 43.0. The van der Waals surface area contributed by atoms with E-state index in [9.17, 15) is 14.4 Å². The molecular formula is C26H24ClN3O5S. The first kappa shape index (κ1) is 25.4. The van der Waals surface area contributed by atoms with Crippen molar-refractivity contribution in [2.75, 3.05) is 6.61 Å². The Bertz CT molecular complexity index is 1540. The maximum atomic E-state index is 13.7. The summed E-state index contributed by atoms with van der Waals surface area (Å²) in [6, 6.07) is 13.2. The molecule has 2 N–H and O–H groups in total. The number of nitrogens with two attached hydrogens (primary N) is 1. The third kappa shape index (κ3) is 5.27. The molecule has 0 saturated heterocycles. The van der Waals surface area contributed by atoms with E-state index in [2.05, 4.69) is 4.99 Å². The van der Waals surface area contributed by atoms with Crippen molar-refractivity contribution in [3.8, 4) is 5.75 Å². The molecule has 4 rings (SSSR count). The number of halogens is 1. The number of carbonyl (C=O) groups is 2. The van der Waals surface area contributed by atoms with E-state index in [0.29, 0.717) is 36.9 Å². The second-order valence-corrected chi connectivity index (χ2v) is 9.83. The smallest absolute Gasteiger partial charge is 0.338 e. The molecule has 1 aromatic heterocycles. The highest BCUT2D eigenvalue weighted by atomic mass is 35.5. The summed E-state index contributed by atoms with van der Waals surface area (Å²) in [5.41, 5.74) is 6.93. The molecule has 0 saturated carbocycles. The first-order chi connectivity index (χ1) is 17.2. The number of thiazole rings is 1. The van der Waals surface area contributed by atoms with Crippen LogP contribution in [0.3, 0.4) is 0 Å². The van der Waals surface area contributed by atoms with Crippen LogP contribution in [0.1, 0.15) is 37.9 Å². The molecule has 3 aromatic rings. The topological polar surface area (TPSA) is 113 Å². The standard InChI is InChI=1S/C26H24ClN3O5S/c1-14(2)35-25(33)22-15(3)29-26-30(23(22)16-8-10-18(27)11-9-16)24(32)20(36-26)12-17-6-4-5-7-19(17)34-13-21(28)31/h4-12,14,23H,13H2,1-3H3,(H2,28,31). The number of para-hydroxylation sites is 1. The predicted octanol–water partition coefficient (Wildman–Crippen LogP) is 2.70. The summed E-state index contributed by atoms with van der Waals surface area (Å²) in [6.07, 6.45) is 1.33. The maximum absolute atomic E-state index is 13.7. The average Bonchev–Trinajstić information content (AvgIpc) is 3.12. The third-order valence-electron chi connectivity index (χ3n) is 5.35. The van der Waals surface area contributed by atoms with E-state index in [1.165, 1.54) is 15.9 Å². The van der Waals surface area contributed by atoms with Crippen LogP contribution in [0.15, 0.2) is 69.6 Å². The monoisotopic (exact) mass is 525 g/mol. The molecule has 10 heteroatoms. The number of nitrogens with zero attached hydrogens (tertiary/aromatic N) is 2. The van der Waals surface area contributed by atoms with Crippen molar-refractivity contribution in [1.29, 1.82) is 0 Å². The van der Waals surface area contributed by atoms with Crippen molar-refractivity contribution in [3.05, 3.63) is 95.6 Å². The molecule has 1 unspecified atom stereocenters. The molecule has 2 heterocycles. The lowest BCUT2D eigenvalue weighted by Gasteiger charge is -2.25. The van der Waals surface area contributed by atoms with Gasteiger partial charge in [-0.2, -0.15) is 0 Å². The van der Waals surface area contributed by atoms with Gasteiger partial charge in [0.2, 0.25) is 0 Å². The molecule has 0 spiro atoms. The second-order valence-electron chi connectivity index (χ2n) is 8.38. The van der Waals surface area contributed by atoms with Gasteiger partial charge in [0, 0.05) is 10.6 Å². The van der Waals surface area contributed by atoms with Crippen LogP contribution in [-0.2, 0) is 14.3 Å². The lowest BCUT2D eigenvalue weighted by Crippen LogP contribution is -2.40. The van der Waals surface area contributed by atoms with Crippen molar-refractivity contribution in [2.45, 2.75) is 32.9 Å². The van der Waals surface area contributed by atoms with E-state index in [1.54, 1.807) is 75.4 Å². The molecule has 0 radical (unpaired) electrons. The van der Waals surface area contributed by atoms with Crippen molar-refractivity contribution in [1.82, 2.24) is 4.57 Å². The van der Waals surface area contributed by atoms with Crippen LogP contribution in [-0.4, -0.2) is 29.2 Å². The Hall–Kier alpha value is -3.69. The van der Waals surface area contributed by atoms with Gasteiger partial charge in [0.15, 0.2) is 11.4 Å². The van der Waals surface area contributed by atoms with Crippen LogP contribution in [0.25, 0.3) is 6.08 Å². The normalized spacial score (nSPS) is 15.5. The Kier molecular flexibility index (Phi) is 7.42. The van der Waals surface area contributed by atoms with Crippen LogP contribution < -0.4 is 25.4 Å². The number of primary amides is 1. The average molecular weight is 526 g/mol. The van der Waals surface area contributed by atoms with Crippen LogP contribution in [0.5, 0.6) is 5.75 Å². The number of allylic oxidation sites excluding steroid dienone is 1. The molecule has 8 nitrogen and oxygen atoms in total. The Balaban J connectivity index is 1.90. The summed E-state index contributed by atoms with van der Waals surface area (Å²) in [6.45, 7) is 4.96. The minimum Gasteiger partial charge on any atom is -0.483 e. The number of esters is 1. The highest BCUT2D eigenvalue weighted by Gasteiger charge is 2.33. The summed E-state index contributed by atoms with van der Waals surface area (Å²) >= 11 is 7.29. The third-order valence-corrected chi connectivity index (χ3v) is 6.58. The van der Waals surface area contributed by atoms with Crippen molar-refractivity contribution in [3.63, 3.8) is 0 Å². The largest absolute Gasteiger partial charge is 0.483 e. The van der Waals surface area contributed by atoms with Gasteiger partial charge in [-0.1, -0.05) is 53.3 Å². The Morgan fingerprint density at radius 1 is 1.19 bits per heavy atom. The van der Waals surface area contributed by atoms with Gasteiger partial charge >= 0.3 is 5.97 Å². The minimum atomic E-state index is -0.742. The zero-order valence-electron chi connectivity index (χ0n) is 19.9. The number of hydrogen-bond acceptors (Lipinski definition) is 7. The molecule has 0 fully saturated rings. The maximum Gasteiger partial charge on any atom is 0.338 e. The van der Waals surface area contributed by atoms with Crippen LogP contribution in [0.4, 0.5) is 0 Å². The number of amides is 1. The fraction of sp³-hybridized carbons (Fsp3) is 0.231. The van der Waals surface area contributed by atoms with E-state index in [4.69, 9.17) is 26.8 Å². The Labute approximate surface area is 215 Å². The fourth-order valence-electron chi connectivity index (χ4n) is 3.84. The molecule has 1 atom stereocenters. The number of hydrogen-bond donors (Lipinski definition) is 1. The van der Waals surface area contributed by atoms with E-state index in [-0.39, 0.29) is 23.8 Å². The molecule has 0 aliphatic carbocycles. The molecule has 1 amide bonds. The number of fused-ring (bicyclic) bond motifs is 1. The summed E-state index contributed by atoms with van der Waals surface area (Å²) in [7, 11) is 0. The lowest BCUT2D eigenvalue weighted by molar-refractivity contribution is -0.143. The predicted molar refractivity (Wildman–Crippen MR) is 138 cm³/mol. The Morgan fingerprint density at radius 2 is 1.89 bits per heavy atom.